The van der Waals surface area contributed by atoms with Gasteiger partial charge in [0.05, 0.1) is 12.4 Å². The Hall–Kier alpha value is -2.12. The van der Waals surface area contributed by atoms with Gasteiger partial charge in [-0.2, -0.15) is 15.4 Å². The van der Waals surface area contributed by atoms with Crippen LogP contribution in [0.15, 0.2) is 17.5 Å². The Morgan fingerprint density at radius 3 is 2.38 bits per heavy atom. The molecule has 1 aliphatic rings. The molecular weight excluding hydrogens is 176 g/mol. The van der Waals surface area contributed by atoms with E-state index in [1.165, 1.54) is 0 Å². The highest BCUT2D eigenvalue weighted by molar-refractivity contribution is 5.80. The number of amides is 1. The van der Waals surface area contributed by atoms with Gasteiger partial charge in [0.2, 0.25) is 0 Å². The molecule has 2 rings (SSSR count). The van der Waals surface area contributed by atoms with Gasteiger partial charge < -0.3 is 10.5 Å². The van der Waals surface area contributed by atoms with Crippen molar-refractivity contribution in [3.8, 4) is 0 Å². The number of nitrogens with zero attached hydrogens (tertiary/aromatic N) is 3. The van der Waals surface area contributed by atoms with Gasteiger partial charge in [-0.25, -0.2) is 0 Å². The van der Waals surface area contributed by atoms with Crippen molar-refractivity contribution in [2.75, 3.05) is 0 Å². The third-order valence-corrected chi connectivity index (χ3v) is 1.03. The van der Waals surface area contributed by atoms with Crippen LogP contribution < -0.4 is 11.2 Å². The van der Waals surface area contributed by atoms with E-state index in [2.05, 4.69) is 30.7 Å². The van der Waals surface area contributed by atoms with Crippen LogP contribution in [0.2, 0.25) is 0 Å². The Bertz CT molecular complexity index is 245. The van der Waals surface area contributed by atoms with Crippen LogP contribution in [-0.4, -0.2) is 33.9 Å². The van der Waals surface area contributed by atoms with Crippen molar-refractivity contribution in [1.82, 2.24) is 20.8 Å². The Morgan fingerprint density at radius 1 is 1.46 bits per heavy atom. The second kappa shape index (κ2) is 4.70. The number of hydrogen-bond acceptors (Lipinski definition) is 6. The minimum Gasteiger partial charge on any atom is -0.448 e. The zero-order valence-corrected chi connectivity index (χ0v) is 6.54. The van der Waals surface area contributed by atoms with Gasteiger partial charge in [-0.15, -0.1) is 5.10 Å². The molecule has 1 unspecified atom stereocenters. The van der Waals surface area contributed by atoms with Crippen molar-refractivity contribution in [1.29, 1.82) is 0 Å². The standard InChI is InChI=1S/C3H5N3O2.C2H3N3/c4-2(7)3-6-5-1-8-3;1-2-4-5-3-1/h1,3,6H,(H2,4,7);1-2H,(H,3,4,5). The molecule has 8 heteroatoms. The lowest BCUT2D eigenvalue weighted by Crippen LogP contribution is -2.36. The monoisotopic (exact) mass is 184 g/mol. The van der Waals surface area contributed by atoms with Gasteiger partial charge in [0.25, 0.3) is 12.1 Å². The Kier molecular flexibility index (Phi) is 3.24. The molecule has 0 radical (unpaired) electrons. The van der Waals surface area contributed by atoms with Crippen LogP contribution >= 0.6 is 0 Å². The second-order valence-electron chi connectivity index (χ2n) is 1.94. The van der Waals surface area contributed by atoms with Crippen LogP contribution in [0.4, 0.5) is 0 Å². The molecule has 13 heavy (non-hydrogen) atoms. The zero-order chi connectivity index (χ0) is 9.52. The Labute approximate surface area is 73.1 Å². The minimum atomic E-state index is -0.769. The highest BCUT2D eigenvalue weighted by atomic mass is 16.5. The number of H-pyrrole nitrogens is 1. The summed E-state index contributed by atoms with van der Waals surface area (Å²) < 4.78 is 4.54. The van der Waals surface area contributed by atoms with E-state index in [-0.39, 0.29) is 0 Å². The van der Waals surface area contributed by atoms with Gasteiger partial charge in [0.15, 0.2) is 6.40 Å². The van der Waals surface area contributed by atoms with Crippen LogP contribution in [0.3, 0.4) is 0 Å². The summed E-state index contributed by atoms with van der Waals surface area (Å²) in [4.78, 5) is 10.2. The van der Waals surface area contributed by atoms with Crippen LogP contribution in [0.5, 0.6) is 0 Å². The third kappa shape index (κ3) is 3.18. The second-order valence-corrected chi connectivity index (χ2v) is 1.94. The highest BCUT2D eigenvalue weighted by Crippen LogP contribution is 1.88. The predicted molar refractivity (Wildman–Crippen MR) is 42.1 cm³/mol. The molecular formula is C5H8N6O2. The summed E-state index contributed by atoms with van der Waals surface area (Å²) >= 11 is 0. The largest absolute Gasteiger partial charge is 0.448 e. The number of aromatic nitrogens is 3. The maximum Gasteiger partial charge on any atom is 0.281 e. The van der Waals surface area contributed by atoms with Crippen LogP contribution in [-0.2, 0) is 9.53 Å². The number of aromatic amines is 1. The van der Waals surface area contributed by atoms with Gasteiger partial charge in [-0.05, 0) is 0 Å². The molecule has 0 fully saturated rings. The smallest absolute Gasteiger partial charge is 0.281 e. The van der Waals surface area contributed by atoms with E-state index in [0.717, 1.165) is 6.40 Å². The SMILES string of the molecule is NC(=O)C1NN=CO1.c1cn[nH]n1. The van der Waals surface area contributed by atoms with E-state index in [1.807, 2.05) is 0 Å². The minimum absolute atomic E-state index is 0.567. The maximum absolute atomic E-state index is 10.2. The van der Waals surface area contributed by atoms with Crippen molar-refractivity contribution >= 4 is 12.3 Å². The summed E-state index contributed by atoms with van der Waals surface area (Å²) in [6.45, 7) is 0. The van der Waals surface area contributed by atoms with Crippen LogP contribution in [0, 0.1) is 0 Å². The number of carbonyl (C=O) groups is 1. The predicted octanol–water partition coefficient (Wildman–Crippen LogP) is -1.83. The van der Waals surface area contributed by atoms with Crippen LogP contribution in [0.25, 0.3) is 0 Å². The highest BCUT2D eigenvalue weighted by Gasteiger charge is 2.16. The van der Waals surface area contributed by atoms with E-state index < -0.39 is 12.1 Å². The van der Waals surface area contributed by atoms with Gasteiger partial charge >= 0.3 is 0 Å². The van der Waals surface area contributed by atoms with Crippen molar-refractivity contribution in [3.63, 3.8) is 0 Å². The summed E-state index contributed by atoms with van der Waals surface area (Å²) in [5.41, 5.74) is 7.12. The molecule has 0 bridgehead atoms. The molecule has 1 aromatic heterocycles. The molecule has 70 valence electrons. The number of rotatable bonds is 1. The number of nitrogens with two attached hydrogens (primary N) is 1. The summed E-state index contributed by atoms with van der Waals surface area (Å²) in [6, 6.07) is 0. The van der Waals surface area contributed by atoms with Gasteiger partial charge in [0, 0.05) is 0 Å². The average molecular weight is 184 g/mol. The Balaban J connectivity index is 0.000000145. The number of hydrazone groups is 1. The summed E-state index contributed by atoms with van der Waals surface area (Å²) in [7, 11) is 0. The molecule has 4 N–H and O–H groups in total. The molecule has 2 heterocycles. The number of primary amides is 1. The van der Waals surface area contributed by atoms with E-state index in [1.54, 1.807) is 12.4 Å². The molecule has 1 aromatic rings. The van der Waals surface area contributed by atoms with Crippen molar-refractivity contribution in [2.24, 2.45) is 10.8 Å². The summed E-state index contributed by atoms with van der Waals surface area (Å²) in [6.07, 6.45) is 3.53. The third-order valence-electron chi connectivity index (χ3n) is 1.03. The first kappa shape index (κ1) is 8.97. The van der Waals surface area contributed by atoms with Crippen molar-refractivity contribution < 1.29 is 9.53 Å². The average Bonchev–Trinajstić information content (AvgIpc) is 2.82. The molecule has 1 atom stereocenters. The normalized spacial score (nSPS) is 18.0. The van der Waals surface area contributed by atoms with E-state index in [4.69, 9.17) is 5.73 Å². The topological polar surface area (TPSA) is 118 Å². The lowest BCUT2D eigenvalue weighted by molar-refractivity contribution is -0.125. The first-order chi connectivity index (χ1) is 6.30. The molecule has 8 nitrogen and oxygen atoms in total. The molecule has 0 saturated heterocycles. The first-order valence-electron chi connectivity index (χ1n) is 3.32. The fourth-order valence-corrected chi connectivity index (χ4v) is 0.517. The number of carbonyl (C=O) groups excluding carboxylic acids is 1. The zero-order valence-electron chi connectivity index (χ0n) is 6.54. The molecule has 0 aliphatic carbocycles. The number of nitrogens with one attached hydrogen (secondary N) is 2. The fourth-order valence-electron chi connectivity index (χ4n) is 0.517. The molecule has 0 saturated carbocycles. The van der Waals surface area contributed by atoms with E-state index >= 15 is 0 Å². The Morgan fingerprint density at radius 2 is 2.15 bits per heavy atom. The molecule has 0 spiro atoms. The van der Waals surface area contributed by atoms with Gasteiger partial charge in [0.1, 0.15) is 0 Å². The quantitative estimate of drug-likeness (QED) is 0.474. The molecule has 1 amide bonds. The number of ether oxygens (including phenoxy) is 1. The van der Waals surface area contributed by atoms with E-state index in [9.17, 15) is 4.79 Å². The van der Waals surface area contributed by atoms with Crippen molar-refractivity contribution in [2.45, 2.75) is 6.23 Å². The summed E-state index contributed by atoms with van der Waals surface area (Å²) in [5.74, 6) is -0.567. The maximum atomic E-state index is 10.2. The van der Waals surface area contributed by atoms with E-state index in [0.29, 0.717) is 0 Å². The fraction of sp³-hybridized carbons (Fsp3) is 0.200. The molecule has 0 aromatic carbocycles. The van der Waals surface area contributed by atoms with Gasteiger partial charge in [-0.1, -0.05) is 0 Å². The first-order valence-corrected chi connectivity index (χ1v) is 3.32. The van der Waals surface area contributed by atoms with Crippen LogP contribution in [0.1, 0.15) is 0 Å². The lowest BCUT2D eigenvalue weighted by atomic mass is 10.6. The number of hydrogen-bond donors (Lipinski definition) is 3. The lowest BCUT2D eigenvalue weighted by Gasteiger charge is -2.01. The summed E-state index contributed by atoms with van der Waals surface area (Å²) in [5, 5.41) is 12.7. The van der Waals surface area contributed by atoms with Crippen molar-refractivity contribution in [3.05, 3.63) is 12.4 Å². The molecule has 1 aliphatic heterocycles. The van der Waals surface area contributed by atoms with Gasteiger partial charge in [-0.3, -0.25) is 10.2 Å².